The lowest BCUT2D eigenvalue weighted by molar-refractivity contribution is 0.300. The van der Waals surface area contributed by atoms with Crippen LogP contribution >= 0.6 is 22.6 Å². The quantitative estimate of drug-likeness (QED) is 0.854. The van der Waals surface area contributed by atoms with Gasteiger partial charge in [-0.2, -0.15) is 0 Å². The number of halogens is 1. The molecule has 3 heteroatoms. The fourth-order valence-corrected chi connectivity index (χ4v) is 2.58. The average Bonchev–Trinajstić information content (AvgIpc) is 2.68. The van der Waals surface area contributed by atoms with E-state index in [1.54, 1.807) is 0 Å². The standard InChI is InChI=1S/C13H19IN2/c1-16-8-2-3-13(16)10-15-9-11-4-6-12(14)7-5-11/h4-7,13,15H,2-3,8-10H2,1H3. The van der Waals surface area contributed by atoms with Crippen LogP contribution in [-0.4, -0.2) is 31.1 Å². The summed E-state index contributed by atoms with van der Waals surface area (Å²) in [6, 6.07) is 9.47. The van der Waals surface area contributed by atoms with Crippen LogP contribution in [0, 0.1) is 3.57 Å². The molecule has 0 aromatic heterocycles. The van der Waals surface area contributed by atoms with Gasteiger partial charge in [-0.1, -0.05) is 12.1 Å². The third-order valence-corrected chi connectivity index (χ3v) is 4.01. The van der Waals surface area contributed by atoms with Gasteiger partial charge in [-0.25, -0.2) is 0 Å². The Morgan fingerprint density at radius 3 is 2.75 bits per heavy atom. The molecular formula is C13H19IN2. The molecule has 2 nitrogen and oxygen atoms in total. The predicted octanol–water partition coefficient (Wildman–Crippen LogP) is 2.47. The Morgan fingerprint density at radius 2 is 2.12 bits per heavy atom. The number of nitrogens with one attached hydrogen (secondary N) is 1. The highest BCUT2D eigenvalue weighted by Gasteiger charge is 2.19. The van der Waals surface area contributed by atoms with Crippen molar-refractivity contribution >= 4 is 22.6 Å². The first kappa shape index (κ1) is 12.3. The highest BCUT2D eigenvalue weighted by atomic mass is 127. The second kappa shape index (κ2) is 5.98. The van der Waals surface area contributed by atoms with Gasteiger partial charge >= 0.3 is 0 Å². The largest absolute Gasteiger partial charge is 0.311 e. The minimum Gasteiger partial charge on any atom is -0.311 e. The Hall–Kier alpha value is -0.130. The van der Waals surface area contributed by atoms with Crippen LogP contribution in [0.4, 0.5) is 0 Å². The Labute approximate surface area is 112 Å². The SMILES string of the molecule is CN1CCCC1CNCc1ccc(I)cc1. The van der Waals surface area contributed by atoms with Crippen LogP contribution in [0.2, 0.25) is 0 Å². The Balaban J connectivity index is 1.73. The van der Waals surface area contributed by atoms with E-state index in [-0.39, 0.29) is 0 Å². The van der Waals surface area contributed by atoms with Gasteiger partial charge in [-0.3, -0.25) is 0 Å². The molecule has 1 aliphatic heterocycles. The van der Waals surface area contributed by atoms with Crippen molar-refractivity contribution in [1.82, 2.24) is 10.2 Å². The van der Waals surface area contributed by atoms with Crippen molar-refractivity contribution in [3.05, 3.63) is 33.4 Å². The zero-order valence-electron chi connectivity index (χ0n) is 9.75. The van der Waals surface area contributed by atoms with Crippen LogP contribution in [0.5, 0.6) is 0 Å². The third kappa shape index (κ3) is 3.43. The summed E-state index contributed by atoms with van der Waals surface area (Å²) in [5.74, 6) is 0. The minimum atomic E-state index is 0.740. The van der Waals surface area contributed by atoms with Crippen LogP contribution in [0.15, 0.2) is 24.3 Å². The van der Waals surface area contributed by atoms with E-state index in [1.165, 1.54) is 28.5 Å². The van der Waals surface area contributed by atoms with Crippen molar-refractivity contribution in [2.75, 3.05) is 20.1 Å². The van der Waals surface area contributed by atoms with Gasteiger partial charge in [-0.15, -0.1) is 0 Å². The Morgan fingerprint density at radius 1 is 1.38 bits per heavy atom. The molecule has 0 amide bonds. The maximum atomic E-state index is 3.55. The molecule has 1 unspecified atom stereocenters. The summed E-state index contributed by atoms with van der Waals surface area (Å²) in [4.78, 5) is 2.46. The molecule has 1 aromatic rings. The monoisotopic (exact) mass is 330 g/mol. The second-order valence-electron chi connectivity index (χ2n) is 4.53. The van der Waals surface area contributed by atoms with Gasteiger partial charge in [-0.05, 0) is 66.7 Å². The highest BCUT2D eigenvalue weighted by molar-refractivity contribution is 14.1. The molecule has 1 N–H and O–H groups in total. The summed E-state index contributed by atoms with van der Waals surface area (Å²) in [6.07, 6.45) is 2.70. The van der Waals surface area contributed by atoms with E-state index in [0.29, 0.717) is 0 Å². The Kier molecular flexibility index (Phi) is 4.61. The molecule has 0 radical (unpaired) electrons. The van der Waals surface area contributed by atoms with E-state index >= 15 is 0 Å². The van der Waals surface area contributed by atoms with Crippen molar-refractivity contribution in [2.45, 2.75) is 25.4 Å². The summed E-state index contributed by atoms with van der Waals surface area (Å²) < 4.78 is 1.30. The van der Waals surface area contributed by atoms with Gasteiger partial charge in [0.1, 0.15) is 0 Å². The second-order valence-corrected chi connectivity index (χ2v) is 5.78. The fourth-order valence-electron chi connectivity index (χ4n) is 2.22. The van der Waals surface area contributed by atoms with Crippen LogP contribution in [-0.2, 0) is 6.54 Å². The molecule has 1 aliphatic rings. The molecule has 1 fully saturated rings. The molecule has 0 bridgehead atoms. The molecule has 0 saturated carbocycles. The Bertz CT molecular complexity index is 323. The van der Waals surface area contributed by atoms with Gasteiger partial charge in [0.15, 0.2) is 0 Å². The van der Waals surface area contributed by atoms with Crippen molar-refractivity contribution < 1.29 is 0 Å². The topological polar surface area (TPSA) is 15.3 Å². The van der Waals surface area contributed by atoms with Gasteiger partial charge in [0.25, 0.3) is 0 Å². The summed E-state index contributed by atoms with van der Waals surface area (Å²) in [6.45, 7) is 3.36. The summed E-state index contributed by atoms with van der Waals surface area (Å²) >= 11 is 2.34. The van der Waals surface area contributed by atoms with Crippen molar-refractivity contribution in [3.63, 3.8) is 0 Å². The van der Waals surface area contributed by atoms with E-state index in [2.05, 4.69) is 64.1 Å². The number of hydrogen-bond acceptors (Lipinski definition) is 2. The van der Waals surface area contributed by atoms with Gasteiger partial charge in [0.2, 0.25) is 0 Å². The van der Waals surface area contributed by atoms with E-state index in [0.717, 1.165) is 19.1 Å². The third-order valence-electron chi connectivity index (χ3n) is 3.29. The van der Waals surface area contributed by atoms with E-state index in [1.807, 2.05) is 0 Å². The summed E-state index contributed by atoms with van der Waals surface area (Å²) in [5, 5.41) is 3.55. The molecule has 16 heavy (non-hydrogen) atoms. The maximum absolute atomic E-state index is 3.55. The number of benzene rings is 1. The van der Waals surface area contributed by atoms with Crippen LogP contribution in [0.3, 0.4) is 0 Å². The van der Waals surface area contributed by atoms with Crippen LogP contribution < -0.4 is 5.32 Å². The van der Waals surface area contributed by atoms with Gasteiger partial charge in [0, 0.05) is 22.7 Å². The molecular weight excluding hydrogens is 311 g/mol. The molecule has 0 aliphatic carbocycles. The van der Waals surface area contributed by atoms with Crippen molar-refractivity contribution in [2.24, 2.45) is 0 Å². The first-order valence-electron chi connectivity index (χ1n) is 5.91. The number of likely N-dealkylation sites (tertiary alicyclic amines) is 1. The molecule has 1 atom stereocenters. The lowest BCUT2D eigenvalue weighted by Gasteiger charge is -2.19. The lowest BCUT2D eigenvalue weighted by Crippen LogP contribution is -2.35. The number of hydrogen-bond donors (Lipinski definition) is 1. The molecule has 1 heterocycles. The van der Waals surface area contributed by atoms with E-state index in [9.17, 15) is 0 Å². The maximum Gasteiger partial charge on any atom is 0.0218 e. The van der Waals surface area contributed by atoms with Gasteiger partial charge < -0.3 is 10.2 Å². The fraction of sp³-hybridized carbons (Fsp3) is 0.538. The van der Waals surface area contributed by atoms with Crippen molar-refractivity contribution in [1.29, 1.82) is 0 Å². The van der Waals surface area contributed by atoms with E-state index < -0.39 is 0 Å². The van der Waals surface area contributed by atoms with E-state index in [4.69, 9.17) is 0 Å². The zero-order valence-corrected chi connectivity index (χ0v) is 11.9. The van der Waals surface area contributed by atoms with Crippen LogP contribution in [0.1, 0.15) is 18.4 Å². The number of likely N-dealkylation sites (N-methyl/N-ethyl adjacent to an activating group) is 1. The predicted molar refractivity (Wildman–Crippen MR) is 76.5 cm³/mol. The minimum absolute atomic E-state index is 0.740. The molecule has 1 aromatic carbocycles. The molecule has 1 saturated heterocycles. The molecule has 2 rings (SSSR count). The average molecular weight is 330 g/mol. The summed E-state index contributed by atoms with van der Waals surface area (Å²) in [7, 11) is 2.23. The smallest absolute Gasteiger partial charge is 0.0218 e. The highest BCUT2D eigenvalue weighted by Crippen LogP contribution is 2.13. The number of rotatable bonds is 4. The summed E-state index contributed by atoms with van der Waals surface area (Å²) in [5.41, 5.74) is 1.38. The molecule has 0 spiro atoms. The van der Waals surface area contributed by atoms with Crippen molar-refractivity contribution in [3.8, 4) is 0 Å². The van der Waals surface area contributed by atoms with Crippen LogP contribution in [0.25, 0.3) is 0 Å². The molecule has 88 valence electrons. The lowest BCUT2D eigenvalue weighted by atomic mass is 10.2. The zero-order chi connectivity index (χ0) is 11.4. The number of nitrogens with zero attached hydrogens (tertiary/aromatic N) is 1. The first-order chi connectivity index (χ1) is 7.75. The normalized spacial score (nSPS) is 21.5. The first-order valence-corrected chi connectivity index (χ1v) is 6.99. The van der Waals surface area contributed by atoms with Gasteiger partial charge in [0.05, 0.1) is 0 Å².